The first-order chi connectivity index (χ1) is 14.0. The second-order valence-corrected chi connectivity index (χ2v) is 7.02. The molecule has 2 aromatic rings. The van der Waals surface area contributed by atoms with Crippen molar-refractivity contribution in [2.75, 3.05) is 6.61 Å². The zero-order valence-electron chi connectivity index (χ0n) is 16.7. The highest BCUT2D eigenvalue weighted by atomic mass is 127. The average molecular weight is 528 g/mol. The van der Waals surface area contributed by atoms with Gasteiger partial charge in [-0.3, -0.25) is 10.1 Å². The number of non-ortho nitro benzene ring substituents is 1. The molecular formula is C21H26FIN4O3. The van der Waals surface area contributed by atoms with E-state index < -0.39 is 4.92 Å². The van der Waals surface area contributed by atoms with E-state index in [4.69, 9.17) is 4.74 Å². The maximum Gasteiger partial charge on any atom is 0.269 e. The highest BCUT2D eigenvalue weighted by molar-refractivity contribution is 14.0. The number of halogens is 2. The van der Waals surface area contributed by atoms with Crippen molar-refractivity contribution >= 4 is 35.6 Å². The Morgan fingerprint density at radius 2 is 2.03 bits per heavy atom. The molecule has 0 spiro atoms. The standard InChI is InChI=1S/C21H25FN4O3.HI/c1-15(20-7-4-12-29-20)25-21(24-14-17-5-2-3-6-19(17)22)23-13-16-8-10-18(11-9-16)26(27)28;/h2-3,5-6,8-11,15,20H,4,7,12-14H2,1H3,(H2,23,24,25);1H. The number of hydrogen-bond acceptors (Lipinski definition) is 4. The molecule has 3 rings (SSSR count). The maximum absolute atomic E-state index is 13.9. The first-order valence-corrected chi connectivity index (χ1v) is 9.66. The van der Waals surface area contributed by atoms with E-state index in [1.54, 1.807) is 30.3 Å². The topological polar surface area (TPSA) is 88.8 Å². The predicted octanol–water partition coefficient (Wildman–Crippen LogP) is 4.15. The zero-order chi connectivity index (χ0) is 20.6. The van der Waals surface area contributed by atoms with Gasteiger partial charge in [0.15, 0.2) is 5.96 Å². The molecule has 1 heterocycles. The number of nitro groups is 1. The fraction of sp³-hybridized carbons (Fsp3) is 0.381. The van der Waals surface area contributed by atoms with Crippen LogP contribution in [0.1, 0.15) is 30.9 Å². The van der Waals surface area contributed by atoms with Crippen LogP contribution in [0.15, 0.2) is 53.5 Å². The third kappa shape index (κ3) is 6.91. The number of rotatable bonds is 7. The molecule has 0 bridgehead atoms. The van der Waals surface area contributed by atoms with E-state index in [9.17, 15) is 14.5 Å². The second-order valence-electron chi connectivity index (χ2n) is 7.02. The number of nitro benzene ring substituents is 1. The van der Waals surface area contributed by atoms with Crippen LogP contribution in [-0.2, 0) is 17.8 Å². The van der Waals surface area contributed by atoms with Crippen molar-refractivity contribution in [3.8, 4) is 0 Å². The summed E-state index contributed by atoms with van der Waals surface area (Å²) in [5.41, 5.74) is 1.43. The van der Waals surface area contributed by atoms with Gasteiger partial charge in [-0.05, 0) is 31.4 Å². The lowest BCUT2D eigenvalue weighted by molar-refractivity contribution is -0.384. The summed E-state index contributed by atoms with van der Waals surface area (Å²) in [6.07, 6.45) is 2.13. The van der Waals surface area contributed by atoms with Gasteiger partial charge in [-0.15, -0.1) is 24.0 Å². The zero-order valence-corrected chi connectivity index (χ0v) is 19.0. The SMILES string of the molecule is CC(NC(=NCc1ccc([N+](=O)[O-])cc1)NCc1ccccc1F)C1CCCO1.I. The molecule has 0 aromatic heterocycles. The van der Waals surface area contributed by atoms with Crippen LogP contribution in [0.25, 0.3) is 0 Å². The number of guanidine groups is 1. The minimum atomic E-state index is -0.431. The highest BCUT2D eigenvalue weighted by Gasteiger charge is 2.23. The molecule has 0 aliphatic carbocycles. The Kier molecular flexibility index (Phi) is 9.44. The summed E-state index contributed by atoms with van der Waals surface area (Å²) in [6, 6.07) is 12.9. The molecule has 0 amide bonds. The fourth-order valence-corrected chi connectivity index (χ4v) is 3.17. The van der Waals surface area contributed by atoms with Crippen molar-refractivity contribution in [2.24, 2.45) is 4.99 Å². The summed E-state index contributed by atoms with van der Waals surface area (Å²) >= 11 is 0. The Labute approximate surface area is 192 Å². The largest absolute Gasteiger partial charge is 0.376 e. The second kappa shape index (κ2) is 11.8. The van der Waals surface area contributed by atoms with Crippen LogP contribution in [0, 0.1) is 15.9 Å². The number of nitrogens with one attached hydrogen (secondary N) is 2. The monoisotopic (exact) mass is 528 g/mol. The van der Waals surface area contributed by atoms with E-state index in [0.29, 0.717) is 18.1 Å². The molecule has 9 heteroatoms. The van der Waals surface area contributed by atoms with Crippen molar-refractivity contribution in [3.63, 3.8) is 0 Å². The van der Waals surface area contributed by atoms with E-state index in [1.165, 1.54) is 18.2 Å². The molecule has 162 valence electrons. The average Bonchev–Trinajstić information content (AvgIpc) is 3.26. The highest BCUT2D eigenvalue weighted by Crippen LogP contribution is 2.16. The molecule has 2 unspecified atom stereocenters. The van der Waals surface area contributed by atoms with Gasteiger partial charge in [0.1, 0.15) is 5.82 Å². The lowest BCUT2D eigenvalue weighted by Gasteiger charge is -2.23. The quantitative estimate of drug-likeness (QED) is 0.185. The molecule has 2 aromatic carbocycles. The van der Waals surface area contributed by atoms with Gasteiger partial charge in [-0.25, -0.2) is 9.38 Å². The molecule has 7 nitrogen and oxygen atoms in total. The van der Waals surface area contributed by atoms with Crippen LogP contribution >= 0.6 is 24.0 Å². The van der Waals surface area contributed by atoms with Crippen molar-refractivity contribution in [1.82, 2.24) is 10.6 Å². The smallest absolute Gasteiger partial charge is 0.269 e. The summed E-state index contributed by atoms with van der Waals surface area (Å²) in [5, 5.41) is 17.3. The lowest BCUT2D eigenvalue weighted by atomic mass is 10.1. The van der Waals surface area contributed by atoms with Gasteiger partial charge >= 0.3 is 0 Å². The molecule has 30 heavy (non-hydrogen) atoms. The summed E-state index contributed by atoms with van der Waals surface area (Å²) in [7, 11) is 0. The van der Waals surface area contributed by atoms with Crippen LogP contribution in [0.4, 0.5) is 10.1 Å². The van der Waals surface area contributed by atoms with E-state index in [0.717, 1.165) is 25.0 Å². The summed E-state index contributed by atoms with van der Waals surface area (Å²) in [4.78, 5) is 14.9. The Hall–Kier alpha value is -2.27. The summed E-state index contributed by atoms with van der Waals surface area (Å²) in [5.74, 6) is 0.261. The minimum Gasteiger partial charge on any atom is -0.376 e. The molecule has 1 saturated heterocycles. The Morgan fingerprint density at radius 3 is 2.67 bits per heavy atom. The van der Waals surface area contributed by atoms with Gasteiger partial charge in [0, 0.05) is 30.8 Å². The third-order valence-corrected chi connectivity index (χ3v) is 4.86. The van der Waals surface area contributed by atoms with Gasteiger partial charge in [-0.1, -0.05) is 30.3 Å². The van der Waals surface area contributed by atoms with Gasteiger partial charge in [0.2, 0.25) is 0 Å². The van der Waals surface area contributed by atoms with Crippen molar-refractivity contribution in [1.29, 1.82) is 0 Å². The van der Waals surface area contributed by atoms with E-state index >= 15 is 0 Å². The molecule has 1 fully saturated rings. The molecule has 1 aliphatic rings. The van der Waals surface area contributed by atoms with Crippen LogP contribution in [-0.4, -0.2) is 29.6 Å². The minimum absolute atomic E-state index is 0. The number of hydrogen-bond donors (Lipinski definition) is 2. The number of nitrogens with zero attached hydrogens (tertiary/aromatic N) is 2. The van der Waals surface area contributed by atoms with Gasteiger partial charge in [0.05, 0.1) is 23.6 Å². The van der Waals surface area contributed by atoms with Gasteiger partial charge in [-0.2, -0.15) is 0 Å². The van der Waals surface area contributed by atoms with Crippen LogP contribution in [0.2, 0.25) is 0 Å². The number of benzene rings is 2. The van der Waals surface area contributed by atoms with Crippen LogP contribution < -0.4 is 10.6 Å². The number of aliphatic imine (C=N–C) groups is 1. The van der Waals surface area contributed by atoms with E-state index in [-0.39, 0.29) is 54.2 Å². The molecule has 2 N–H and O–H groups in total. The third-order valence-electron chi connectivity index (χ3n) is 4.86. The maximum atomic E-state index is 13.9. The van der Waals surface area contributed by atoms with Crippen LogP contribution in [0.3, 0.4) is 0 Å². The Bertz CT molecular complexity index is 858. The van der Waals surface area contributed by atoms with E-state index in [2.05, 4.69) is 15.6 Å². The molecule has 0 radical (unpaired) electrons. The van der Waals surface area contributed by atoms with E-state index in [1.807, 2.05) is 6.92 Å². The normalized spacial score (nSPS) is 17.1. The molecule has 0 saturated carbocycles. The fourth-order valence-electron chi connectivity index (χ4n) is 3.17. The van der Waals surface area contributed by atoms with Crippen molar-refractivity contribution < 1.29 is 14.1 Å². The van der Waals surface area contributed by atoms with Crippen LogP contribution in [0.5, 0.6) is 0 Å². The lowest BCUT2D eigenvalue weighted by Crippen LogP contribution is -2.46. The number of ether oxygens (including phenoxy) is 1. The van der Waals surface area contributed by atoms with Gasteiger partial charge < -0.3 is 15.4 Å². The Balaban J connectivity index is 0.00000320. The van der Waals surface area contributed by atoms with Crippen molar-refractivity contribution in [2.45, 2.75) is 45.0 Å². The molecule has 2 atom stereocenters. The summed E-state index contributed by atoms with van der Waals surface area (Å²) in [6.45, 7) is 3.41. The first-order valence-electron chi connectivity index (χ1n) is 9.66. The molecular weight excluding hydrogens is 502 g/mol. The van der Waals surface area contributed by atoms with Crippen molar-refractivity contribution in [3.05, 3.63) is 75.6 Å². The Morgan fingerprint density at radius 1 is 1.30 bits per heavy atom. The van der Waals surface area contributed by atoms with Gasteiger partial charge in [0.25, 0.3) is 5.69 Å². The summed E-state index contributed by atoms with van der Waals surface area (Å²) < 4.78 is 19.7. The molecule has 1 aliphatic heterocycles. The first kappa shape index (κ1) is 24.0. The predicted molar refractivity (Wildman–Crippen MR) is 124 cm³/mol.